The lowest BCUT2D eigenvalue weighted by Gasteiger charge is -2.16. The number of nitrogens with one attached hydrogen (secondary N) is 2. The number of H-pyrrole nitrogens is 1. The highest BCUT2D eigenvalue weighted by molar-refractivity contribution is 5.98. The molecule has 0 aliphatic rings. The second-order valence-corrected chi connectivity index (χ2v) is 5.63. The molecule has 25 heavy (non-hydrogen) atoms. The Morgan fingerprint density at radius 3 is 2.76 bits per heavy atom. The molecule has 1 heterocycles. The molecule has 130 valence electrons. The molecule has 0 unspecified atom stereocenters. The van der Waals surface area contributed by atoms with E-state index in [0.29, 0.717) is 17.0 Å². The molecule has 3 aromatic rings. The smallest absolute Gasteiger partial charge is 0.267 e. The maximum atomic E-state index is 13.3. The quantitative estimate of drug-likeness (QED) is 0.721. The summed E-state index contributed by atoms with van der Waals surface area (Å²) in [4.78, 5) is 15.5. The van der Waals surface area contributed by atoms with E-state index < -0.39 is 6.10 Å². The molecule has 0 spiro atoms. The zero-order valence-corrected chi connectivity index (χ0v) is 14.0. The number of amides is 1. The topological polar surface area (TPSA) is 63.4 Å². The molecular formula is C19H19FN2O3. The summed E-state index contributed by atoms with van der Waals surface area (Å²) in [5.74, 6) is 0.121. The van der Waals surface area contributed by atoms with Crippen LogP contribution < -0.4 is 10.1 Å². The molecule has 2 aromatic carbocycles. The number of fused-ring (bicyclic) bond motifs is 1. The molecular weight excluding hydrogens is 323 g/mol. The maximum Gasteiger partial charge on any atom is 0.267 e. The van der Waals surface area contributed by atoms with Crippen molar-refractivity contribution in [3.8, 4) is 5.75 Å². The molecule has 1 aromatic heterocycles. The van der Waals surface area contributed by atoms with E-state index >= 15 is 0 Å². The van der Waals surface area contributed by atoms with Crippen LogP contribution in [0.15, 0.2) is 48.5 Å². The van der Waals surface area contributed by atoms with Gasteiger partial charge in [-0.25, -0.2) is 4.39 Å². The lowest BCUT2D eigenvalue weighted by atomic mass is 10.1. The van der Waals surface area contributed by atoms with Crippen molar-refractivity contribution in [2.24, 2.45) is 0 Å². The summed E-state index contributed by atoms with van der Waals surface area (Å²) in [7, 11) is 3.12. The molecule has 5 nitrogen and oxygen atoms in total. The molecule has 1 atom stereocenters. The van der Waals surface area contributed by atoms with Crippen molar-refractivity contribution in [1.29, 1.82) is 0 Å². The molecule has 3 rings (SSSR count). The molecule has 0 aliphatic heterocycles. The molecule has 6 heteroatoms. The van der Waals surface area contributed by atoms with Crippen LogP contribution in [0.1, 0.15) is 22.2 Å². The van der Waals surface area contributed by atoms with Gasteiger partial charge >= 0.3 is 0 Å². The highest BCUT2D eigenvalue weighted by atomic mass is 19.1. The first kappa shape index (κ1) is 17.0. The average molecular weight is 342 g/mol. The van der Waals surface area contributed by atoms with Gasteiger partial charge in [-0.15, -0.1) is 0 Å². The highest BCUT2D eigenvalue weighted by Crippen LogP contribution is 2.21. The zero-order chi connectivity index (χ0) is 17.8. The monoisotopic (exact) mass is 342 g/mol. The van der Waals surface area contributed by atoms with Crippen LogP contribution in [0.3, 0.4) is 0 Å². The normalized spacial score (nSPS) is 12.1. The number of hydrogen-bond donors (Lipinski definition) is 2. The number of ether oxygens (including phenoxy) is 2. The van der Waals surface area contributed by atoms with Crippen molar-refractivity contribution in [2.45, 2.75) is 6.10 Å². The van der Waals surface area contributed by atoms with Gasteiger partial charge in [0, 0.05) is 30.6 Å². The van der Waals surface area contributed by atoms with Gasteiger partial charge in [-0.05, 0) is 35.9 Å². The average Bonchev–Trinajstić information content (AvgIpc) is 3.05. The highest BCUT2D eigenvalue weighted by Gasteiger charge is 2.15. The van der Waals surface area contributed by atoms with Crippen LogP contribution in [0.5, 0.6) is 5.75 Å². The molecule has 0 fully saturated rings. The molecule has 0 bridgehead atoms. The lowest BCUT2D eigenvalue weighted by molar-refractivity contribution is 0.0824. The van der Waals surface area contributed by atoms with Crippen LogP contribution in [0.2, 0.25) is 0 Å². The third-order valence-corrected chi connectivity index (χ3v) is 4.03. The standard InChI is InChI=1S/C19H19FN2O3/c1-24-15-7-6-12-9-17(22-16(12)10-15)19(23)21-11-18(25-2)13-4-3-5-14(20)8-13/h3-10,18,22H,11H2,1-2H3,(H,21,23)/t18-/m1/s1. The van der Waals surface area contributed by atoms with E-state index in [1.807, 2.05) is 18.2 Å². The van der Waals surface area contributed by atoms with Crippen molar-refractivity contribution in [3.05, 3.63) is 65.6 Å². The fourth-order valence-corrected chi connectivity index (χ4v) is 2.68. The van der Waals surface area contributed by atoms with Gasteiger partial charge < -0.3 is 19.8 Å². The van der Waals surface area contributed by atoms with Crippen molar-refractivity contribution in [1.82, 2.24) is 10.3 Å². The molecule has 0 saturated carbocycles. The Morgan fingerprint density at radius 1 is 1.20 bits per heavy atom. The summed E-state index contributed by atoms with van der Waals surface area (Å²) in [5.41, 5.74) is 1.93. The summed E-state index contributed by atoms with van der Waals surface area (Å²) in [6.07, 6.45) is -0.427. The number of aromatic nitrogens is 1. The van der Waals surface area contributed by atoms with Crippen LogP contribution in [-0.4, -0.2) is 31.7 Å². The van der Waals surface area contributed by atoms with E-state index in [9.17, 15) is 9.18 Å². The fourth-order valence-electron chi connectivity index (χ4n) is 2.68. The van der Waals surface area contributed by atoms with Crippen LogP contribution in [-0.2, 0) is 4.74 Å². The van der Waals surface area contributed by atoms with Gasteiger partial charge in [-0.1, -0.05) is 12.1 Å². The second-order valence-electron chi connectivity index (χ2n) is 5.63. The lowest BCUT2D eigenvalue weighted by Crippen LogP contribution is -2.29. The Balaban J connectivity index is 1.71. The Hall–Kier alpha value is -2.86. The van der Waals surface area contributed by atoms with Gasteiger partial charge in [-0.3, -0.25) is 4.79 Å². The van der Waals surface area contributed by atoms with Crippen LogP contribution in [0, 0.1) is 5.82 Å². The Bertz CT molecular complexity index is 891. The minimum absolute atomic E-state index is 0.234. The van der Waals surface area contributed by atoms with Crippen molar-refractivity contribution >= 4 is 16.8 Å². The summed E-state index contributed by atoms with van der Waals surface area (Å²) < 4.78 is 23.9. The molecule has 0 aliphatic carbocycles. The van der Waals surface area contributed by atoms with Crippen molar-refractivity contribution < 1.29 is 18.7 Å². The third-order valence-electron chi connectivity index (χ3n) is 4.03. The first-order valence-electron chi connectivity index (χ1n) is 7.84. The van der Waals surface area contributed by atoms with Gasteiger partial charge in [0.2, 0.25) is 0 Å². The predicted octanol–water partition coefficient (Wildman–Crippen LogP) is 3.43. The van der Waals surface area contributed by atoms with Gasteiger partial charge in [-0.2, -0.15) is 0 Å². The molecule has 2 N–H and O–H groups in total. The van der Waals surface area contributed by atoms with Gasteiger partial charge in [0.05, 0.1) is 13.2 Å². The first-order valence-corrected chi connectivity index (χ1v) is 7.84. The number of carbonyl (C=O) groups is 1. The second kappa shape index (κ2) is 7.36. The Morgan fingerprint density at radius 2 is 2.04 bits per heavy atom. The van der Waals surface area contributed by atoms with E-state index in [1.165, 1.54) is 19.2 Å². The minimum Gasteiger partial charge on any atom is -0.497 e. The van der Waals surface area contributed by atoms with Crippen molar-refractivity contribution in [3.63, 3.8) is 0 Å². The minimum atomic E-state index is -0.427. The first-order chi connectivity index (χ1) is 12.1. The number of rotatable bonds is 6. The van der Waals surface area contributed by atoms with Crippen molar-refractivity contribution in [2.75, 3.05) is 20.8 Å². The summed E-state index contributed by atoms with van der Waals surface area (Å²) >= 11 is 0. The number of aromatic amines is 1. The van der Waals surface area contributed by atoms with Crippen LogP contribution >= 0.6 is 0 Å². The third kappa shape index (κ3) is 3.80. The van der Waals surface area contributed by atoms with Gasteiger partial charge in [0.15, 0.2) is 0 Å². The molecule has 0 radical (unpaired) electrons. The fraction of sp³-hybridized carbons (Fsp3) is 0.211. The number of carbonyl (C=O) groups excluding carboxylic acids is 1. The molecule has 0 saturated heterocycles. The summed E-state index contributed by atoms with van der Waals surface area (Å²) in [6, 6.07) is 13.5. The summed E-state index contributed by atoms with van der Waals surface area (Å²) in [5, 5.41) is 3.72. The zero-order valence-electron chi connectivity index (χ0n) is 14.0. The van der Waals surface area contributed by atoms with Crippen LogP contribution in [0.4, 0.5) is 4.39 Å². The number of hydrogen-bond acceptors (Lipinski definition) is 3. The molecule has 1 amide bonds. The van der Waals surface area contributed by atoms with E-state index in [-0.39, 0.29) is 18.3 Å². The Labute approximate surface area is 144 Å². The van der Waals surface area contributed by atoms with Gasteiger partial charge in [0.25, 0.3) is 5.91 Å². The Kier molecular flexibility index (Phi) is 5.00. The predicted molar refractivity (Wildman–Crippen MR) is 93.3 cm³/mol. The SMILES string of the molecule is COc1ccc2cc(C(=O)NC[C@@H](OC)c3cccc(F)c3)[nH]c2c1. The van der Waals surface area contributed by atoms with E-state index in [1.54, 1.807) is 25.3 Å². The largest absolute Gasteiger partial charge is 0.497 e. The van der Waals surface area contributed by atoms with Gasteiger partial charge in [0.1, 0.15) is 17.3 Å². The number of halogens is 1. The van der Waals surface area contributed by atoms with Crippen LogP contribution in [0.25, 0.3) is 10.9 Å². The van der Waals surface area contributed by atoms with E-state index in [2.05, 4.69) is 10.3 Å². The van der Waals surface area contributed by atoms with E-state index in [0.717, 1.165) is 10.9 Å². The maximum absolute atomic E-state index is 13.3. The summed E-state index contributed by atoms with van der Waals surface area (Å²) in [6.45, 7) is 0.234. The van der Waals surface area contributed by atoms with E-state index in [4.69, 9.17) is 9.47 Å². The number of benzene rings is 2. The number of methoxy groups -OCH3 is 2.